The van der Waals surface area contributed by atoms with Crippen molar-refractivity contribution >= 4 is 11.9 Å². The highest BCUT2D eigenvalue weighted by Crippen LogP contribution is 2.29. The molecule has 1 heterocycles. The number of carbonyl (C=O) groups is 2. The van der Waals surface area contributed by atoms with Crippen molar-refractivity contribution in [1.82, 2.24) is 10.2 Å². The van der Waals surface area contributed by atoms with E-state index in [1.165, 1.54) is 18.2 Å². The van der Waals surface area contributed by atoms with Gasteiger partial charge in [0.05, 0.1) is 13.5 Å². The van der Waals surface area contributed by atoms with Crippen molar-refractivity contribution in [3.63, 3.8) is 0 Å². The lowest BCUT2D eigenvalue weighted by Gasteiger charge is -2.32. The van der Waals surface area contributed by atoms with Crippen LogP contribution in [-0.4, -0.2) is 36.6 Å². The molecule has 2 aromatic carbocycles. The number of aryl methyl sites for hydroxylation is 2. The van der Waals surface area contributed by atoms with Gasteiger partial charge in [0.15, 0.2) is 0 Å². The number of rotatable bonds is 8. The molecule has 164 valence electrons. The van der Waals surface area contributed by atoms with Gasteiger partial charge in [0.25, 0.3) is 5.91 Å². The third-order valence-electron chi connectivity index (χ3n) is 6.14. The van der Waals surface area contributed by atoms with Crippen molar-refractivity contribution < 1.29 is 14.3 Å². The summed E-state index contributed by atoms with van der Waals surface area (Å²) in [5.74, 6) is -0.237. The molecular formula is C26H32N2O3. The second-order valence-corrected chi connectivity index (χ2v) is 8.30. The number of amides is 1. The number of nitrogens with one attached hydrogen (secondary N) is 1. The molecule has 0 fully saturated rings. The van der Waals surface area contributed by atoms with E-state index in [2.05, 4.69) is 49.5 Å². The minimum Gasteiger partial charge on any atom is -0.469 e. The molecule has 1 N–H and O–H groups in total. The fourth-order valence-electron chi connectivity index (χ4n) is 4.20. The van der Waals surface area contributed by atoms with Gasteiger partial charge in [-0.1, -0.05) is 54.1 Å². The summed E-state index contributed by atoms with van der Waals surface area (Å²) in [5.41, 5.74) is 6.28. The van der Waals surface area contributed by atoms with Gasteiger partial charge in [0.2, 0.25) is 0 Å². The molecule has 31 heavy (non-hydrogen) atoms. The van der Waals surface area contributed by atoms with E-state index in [0.29, 0.717) is 6.54 Å². The van der Waals surface area contributed by atoms with E-state index in [1.54, 1.807) is 0 Å². The van der Waals surface area contributed by atoms with Crippen LogP contribution < -0.4 is 5.32 Å². The van der Waals surface area contributed by atoms with Crippen LogP contribution in [0.4, 0.5) is 0 Å². The first-order valence-electron chi connectivity index (χ1n) is 10.7. The van der Waals surface area contributed by atoms with Crippen LogP contribution in [0.2, 0.25) is 0 Å². The highest BCUT2D eigenvalue weighted by molar-refractivity contribution is 5.97. The molecule has 5 nitrogen and oxygen atoms in total. The fourth-order valence-corrected chi connectivity index (χ4v) is 4.20. The molecule has 3 rings (SSSR count). The van der Waals surface area contributed by atoms with Crippen LogP contribution in [0, 0.1) is 13.8 Å². The Morgan fingerprint density at radius 3 is 2.45 bits per heavy atom. The number of benzene rings is 2. The molecule has 1 amide bonds. The lowest BCUT2D eigenvalue weighted by molar-refractivity contribution is -0.141. The smallest absolute Gasteiger partial charge is 0.307 e. The van der Waals surface area contributed by atoms with E-state index in [-0.39, 0.29) is 30.5 Å². The molecule has 1 aliphatic heterocycles. The first-order valence-corrected chi connectivity index (χ1v) is 10.7. The van der Waals surface area contributed by atoms with Crippen molar-refractivity contribution in [2.45, 2.75) is 52.7 Å². The van der Waals surface area contributed by atoms with Crippen molar-refractivity contribution in [1.29, 1.82) is 0 Å². The van der Waals surface area contributed by atoms with Crippen LogP contribution in [0.25, 0.3) is 0 Å². The molecule has 0 spiro atoms. The Bertz CT molecular complexity index is 981. The molecule has 2 atom stereocenters. The number of esters is 1. The van der Waals surface area contributed by atoms with Crippen LogP contribution in [0.15, 0.2) is 59.7 Å². The maximum Gasteiger partial charge on any atom is 0.307 e. The van der Waals surface area contributed by atoms with Gasteiger partial charge in [-0.25, -0.2) is 0 Å². The van der Waals surface area contributed by atoms with Crippen LogP contribution in [-0.2, 0) is 20.7 Å². The minimum absolute atomic E-state index is 0.0448. The number of hydrogen-bond acceptors (Lipinski definition) is 4. The van der Waals surface area contributed by atoms with E-state index in [9.17, 15) is 9.59 Å². The van der Waals surface area contributed by atoms with Gasteiger partial charge in [0, 0.05) is 18.2 Å². The maximum atomic E-state index is 13.0. The molecule has 0 saturated carbocycles. The summed E-state index contributed by atoms with van der Waals surface area (Å²) in [6.45, 7) is 8.57. The van der Waals surface area contributed by atoms with Crippen molar-refractivity contribution in [2.75, 3.05) is 13.7 Å². The fraction of sp³-hybridized carbons (Fsp3) is 0.385. The quantitative estimate of drug-likeness (QED) is 0.649. The zero-order chi connectivity index (χ0) is 22.5. The maximum absolute atomic E-state index is 13.0. The highest BCUT2D eigenvalue weighted by Gasteiger charge is 2.36. The van der Waals surface area contributed by atoms with E-state index < -0.39 is 0 Å². The number of ether oxygens (including phenoxy) is 1. The molecule has 0 bridgehead atoms. The van der Waals surface area contributed by atoms with Crippen LogP contribution in [0.3, 0.4) is 0 Å². The van der Waals surface area contributed by atoms with Gasteiger partial charge in [-0.15, -0.1) is 0 Å². The van der Waals surface area contributed by atoms with Crippen molar-refractivity contribution in [3.05, 3.63) is 81.9 Å². The topological polar surface area (TPSA) is 58.6 Å². The minimum atomic E-state index is -0.281. The molecule has 0 aromatic heterocycles. The number of hydrogen-bond donors (Lipinski definition) is 1. The third kappa shape index (κ3) is 5.23. The summed E-state index contributed by atoms with van der Waals surface area (Å²) in [6, 6.07) is 16.1. The predicted octanol–water partition coefficient (Wildman–Crippen LogP) is 4.24. The molecular weight excluding hydrogens is 388 g/mol. The molecule has 0 aliphatic carbocycles. The van der Waals surface area contributed by atoms with Gasteiger partial charge in [-0.2, -0.15) is 0 Å². The Balaban J connectivity index is 1.86. The second kappa shape index (κ2) is 9.92. The Morgan fingerprint density at radius 1 is 1.10 bits per heavy atom. The van der Waals surface area contributed by atoms with Gasteiger partial charge < -0.3 is 9.64 Å². The largest absolute Gasteiger partial charge is 0.469 e. The number of carbonyl (C=O) groups excluding carboxylic acids is 2. The average molecular weight is 421 g/mol. The van der Waals surface area contributed by atoms with Gasteiger partial charge in [-0.3, -0.25) is 14.9 Å². The van der Waals surface area contributed by atoms with Gasteiger partial charge in [-0.05, 0) is 56.4 Å². The highest BCUT2D eigenvalue weighted by atomic mass is 16.5. The zero-order valence-electron chi connectivity index (χ0n) is 19.1. The summed E-state index contributed by atoms with van der Waals surface area (Å²) in [4.78, 5) is 27.1. The lowest BCUT2D eigenvalue weighted by Crippen LogP contribution is -2.47. The lowest BCUT2D eigenvalue weighted by atomic mass is 9.96. The first-order chi connectivity index (χ1) is 14.8. The molecule has 5 heteroatoms. The van der Waals surface area contributed by atoms with E-state index in [1.807, 2.05) is 36.9 Å². The Labute approximate surface area is 185 Å². The summed E-state index contributed by atoms with van der Waals surface area (Å²) >= 11 is 0. The Hall–Kier alpha value is -2.92. The molecule has 0 saturated heterocycles. The average Bonchev–Trinajstić information content (AvgIpc) is 2.96. The standard InChI is InChI=1S/C26H32N2O3/c1-17-11-12-22(18(2)15-17)23(16-24(29)31-5)27-25-19(3)20(4)26(30)28(25)14-13-21-9-7-6-8-10-21/h6-12,15,23,25,27H,13-14,16H2,1-5H3/t23-,25-/m1/s1. The first kappa shape index (κ1) is 22.8. The van der Waals surface area contributed by atoms with E-state index in [4.69, 9.17) is 4.74 Å². The predicted molar refractivity (Wildman–Crippen MR) is 122 cm³/mol. The summed E-state index contributed by atoms with van der Waals surface area (Å²) in [7, 11) is 1.40. The molecule has 1 aliphatic rings. The van der Waals surface area contributed by atoms with Crippen LogP contribution >= 0.6 is 0 Å². The van der Waals surface area contributed by atoms with E-state index >= 15 is 0 Å². The second-order valence-electron chi connectivity index (χ2n) is 8.30. The monoisotopic (exact) mass is 420 g/mol. The SMILES string of the molecule is COC(=O)C[C@@H](N[C@H]1C(C)=C(C)C(=O)N1CCc1ccccc1)c1ccc(C)cc1C. The normalized spacial score (nSPS) is 17.3. The zero-order valence-corrected chi connectivity index (χ0v) is 19.1. The van der Waals surface area contributed by atoms with Crippen LogP contribution in [0.5, 0.6) is 0 Å². The van der Waals surface area contributed by atoms with Crippen molar-refractivity contribution in [2.24, 2.45) is 0 Å². The Kier molecular flexibility index (Phi) is 7.29. The number of nitrogens with zero attached hydrogens (tertiary/aromatic N) is 1. The summed E-state index contributed by atoms with van der Waals surface area (Å²) < 4.78 is 4.96. The van der Waals surface area contributed by atoms with Crippen LogP contribution in [0.1, 0.15) is 48.6 Å². The molecule has 0 unspecified atom stereocenters. The van der Waals surface area contributed by atoms with Crippen molar-refractivity contribution in [3.8, 4) is 0 Å². The molecule has 0 radical (unpaired) electrons. The van der Waals surface area contributed by atoms with Gasteiger partial charge in [0.1, 0.15) is 6.17 Å². The van der Waals surface area contributed by atoms with E-state index in [0.717, 1.165) is 28.7 Å². The number of methoxy groups -OCH3 is 1. The van der Waals surface area contributed by atoms with Gasteiger partial charge >= 0.3 is 5.97 Å². The summed E-state index contributed by atoms with van der Waals surface area (Å²) in [6.07, 6.45) is 0.715. The summed E-state index contributed by atoms with van der Waals surface area (Å²) in [5, 5.41) is 3.60. The third-order valence-corrected chi connectivity index (χ3v) is 6.14. The molecule has 2 aromatic rings. The Morgan fingerprint density at radius 2 is 1.81 bits per heavy atom.